The lowest BCUT2D eigenvalue weighted by molar-refractivity contribution is -0.115. The van der Waals surface area contributed by atoms with E-state index in [0.717, 1.165) is 11.1 Å². The Morgan fingerprint density at radius 2 is 1.56 bits per heavy atom. The van der Waals surface area contributed by atoms with E-state index in [9.17, 15) is 17.6 Å². The van der Waals surface area contributed by atoms with Crippen LogP contribution in [0.5, 0.6) is 0 Å². The zero-order valence-electron chi connectivity index (χ0n) is 17.9. The van der Waals surface area contributed by atoms with Crippen molar-refractivity contribution in [2.75, 3.05) is 15.4 Å². The third kappa shape index (κ3) is 4.38. The van der Waals surface area contributed by atoms with Crippen molar-refractivity contribution in [3.63, 3.8) is 0 Å². The summed E-state index contributed by atoms with van der Waals surface area (Å²) in [5, 5.41) is -0.264. The Kier molecular flexibility index (Phi) is 6.01. The standard InChI is InChI=1S/C24H23FN2O3S2/c1-15-12-16(2)23(17(3)13-15)32(29,30)26-20-8-4-18(5-9-20)24-27(22(28)14-31-24)21-10-6-19(25)7-11-21/h4-13,24,26H,14H2,1-3H3/t24-/m1/s1. The third-order valence-electron chi connectivity index (χ3n) is 5.29. The molecule has 0 aliphatic carbocycles. The molecular formula is C24H23FN2O3S2. The lowest BCUT2D eigenvalue weighted by Gasteiger charge is -2.24. The highest BCUT2D eigenvalue weighted by Gasteiger charge is 2.34. The number of anilines is 2. The fourth-order valence-electron chi connectivity index (χ4n) is 4.06. The van der Waals surface area contributed by atoms with E-state index in [-0.39, 0.29) is 22.0 Å². The summed E-state index contributed by atoms with van der Waals surface area (Å²) < 4.78 is 42.0. The average Bonchev–Trinajstić information content (AvgIpc) is 3.09. The molecule has 0 aromatic heterocycles. The van der Waals surface area contributed by atoms with Gasteiger partial charge in [0, 0.05) is 11.4 Å². The topological polar surface area (TPSA) is 66.5 Å². The van der Waals surface area contributed by atoms with Crippen molar-refractivity contribution in [1.29, 1.82) is 0 Å². The van der Waals surface area contributed by atoms with E-state index in [1.807, 2.05) is 19.1 Å². The molecule has 1 aliphatic rings. The Labute approximate surface area is 191 Å². The number of hydrogen-bond acceptors (Lipinski definition) is 4. The predicted molar refractivity (Wildman–Crippen MR) is 127 cm³/mol. The second-order valence-corrected chi connectivity index (χ2v) is 10.5. The van der Waals surface area contributed by atoms with E-state index in [0.29, 0.717) is 28.3 Å². The zero-order valence-corrected chi connectivity index (χ0v) is 19.6. The normalized spacial score (nSPS) is 16.4. The first kappa shape index (κ1) is 22.4. The molecule has 0 spiro atoms. The summed E-state index contributed by atoms with van der Waals surface area (Å²) in [7, 11) is -3.75. The number of amides is 1. The summed E-state index contributed by atoms with van der Waals surface area (Å²) in [5.41, 5.74) is 4.33. The van der Waals surface area contributed by atoms with Crippen LogP contribution in [0, 0.1) is 26.6 Å². The van der Waals surface area contributed by atoms with Gasteiger partial charge in [-0.05, 0) is 73.9 Å². The number of rotatable bonds is 5. The van der Waals surface area contributed by atoms with Crippen molar-refractivity contribution >= 4 is 39.1 Å². The minimum Gasteiger partial charge on any atom is -0.295 e. The van der Waals surface area contributed by atoms with Crippen LogP contribution < -0.4 is 9.62 Å². The summed E-state index contributed by atoms with van der Waals surface area (Å²) in [6.45, 7) is 5.51. The highest BCUT2D eigenvalue weighted by Crippen LogP contribution is 2.42. The monoisotopic (exact) mass is 470 g/mol. The maximum atomic E-state index is 13.3. The van der Waals surface area contributed by atoms with E-state index in [2.05, 4.69) is 4.72 Å². The number of aryl methyl sites for hydroxylation is 3. The molecule has 1 atom stereocenters. The highest BCUT2D eigenvalue weighted by molar-refractivity contribution is 8.00. The lowest BCUT2D eigenvalue weighted by atomic mass is 10.1. The second kappa shape index (κ2) is 8.60. The first-order valence-electron chi connectivity index (χ1n) is 10.1. The minimum absolute atomic E-state index is 0.0540. The van der Waals surface area contributed by atoms with Crippen LogP contribution in [0.1, 0.15) is 27.6 Å². The molecule has 4 rings (SSSR count). The number of nitrogens with one attached hydrogen (secondary N) is 1. The fraction of sp³-hybridized carbons (Fsp3) is 0.208. The summed E-state index contributed by atoms with van der Waals surface area (Å²) in [6.07, 6.45) is 0. The first-order chi connectivity index (χ1) is 15.2. The van der Waals surface area contributed by atoms with E-state index in [1.54, 1.807) is 55.1 Å². The number of thioether (sulfide) groups is 1. The molecule has 3 aromatic carbocycles. The van der Waals surface area contributed by atoms with Crippen LogP contribution in [0.3, 0.4) is 0 Å². The highest BCUT2D eigenvalue weighted by atomic mass is 32.2. The Bertz CT molecular complexity index is 1250. The van der Waals surface area contributed by atoms with Gasteiger partial charge in [-0.3, -0.25) is 14.4 Å². The SMILES string of the molecule is Cc1cc(C)c(S(=O)(=O)Nc2ccc([C@H]3SCC(=O)N3c3ccc(F)cc3)cc2)c(C)c1. The summed E-state index contributed by atoms with van der Waals surface area (Å²) in [6, 6.07) is 16.5. The van der Waals surface area contributed by atoms with E-state index in [1.165, 1.54) is 23.9 Å². The number of sulfonamides is 1. The molecule has 166 valence electrons. The Morgan fingerprint density at radius 3 is 2.16 bits per heavy atom. The molecule has 8 heteroatoms. The molecule has 0 radical (unpaired) electrons. The van der Waals surface area contributed by atoms with Gasteiger partial charge in [0.15, 0.2) is 0 Å². The molecule has 3 aromatic rings. The number of nitrogens with zero attached hydrogens (tertiary/aromatic N) is 1. The first-order valence-corrected chi connectivity index (χ1v) is 12.6. The van der Waals surface area contributed by atoms with E-state index < -0.39 is 10.0 Å². The van der Waals surface area contributed by atoms with Gasteiger partial charge in [-0.25, -0.2) is 12.8 Å². The molecule has 1 amide bonds. The van der Waals surface area contributed by atoms with Crippen LogP contribution in [0.15, 0.2) is 65.6 Å². The predicted octanol–water partition coefficient (Wildman–Crippen LogP) is 5.33. The Balaban J connectivity index is 1.58. The zero-order chi connectivity index (χ0) is 23.0. The molecule has 5 nitrogen and oxygen atoms in total. The van der Waals surface area contributed by atoms with Gasteiger partial charge in [0.1, 0.15) is 11.2 Å². The molecule has 0 saturated carbocycles. The van der Waals surface area contributed by atoms with Crippen LogP contribution in [-0.2, 0) is 14.8 Å². The van der Waals surface area contributed by atoms with E-state index in [4.69, 9.17) is 0 Å². The number of benzene rings is 3. The van der Waals surface area contributed by atoms with Crippen LogP contribution in [0.4, 0.5) is 15.8 Å². The molecule has 32 heavy (non-hydrogen) atoms. The van der Waals surface area contributed by atoms with Crippen molar-refractivity contribution in [2.24, 2.45) is 0 Å². The van der Waals surface area contributed by atoms with Crippen LogP contribution >= 0.6 is 11.8 Å². The van der Waals surface area contributed by atoms with Gasteiger partial charge >= 0.3 is 0 Å². The van der Waals surface area contributed by atoms with Crippen molar-refractivity contribution < 1.29 is 17.6 Å². The summed E-state index contributed by atoms with van der Waals surface area (Å²) in [4.78, 5) is 14.4. The summed E-state index contributed by atoms with van der Waals surface area (Å²) >= 11 is 1.48. The maximum Gasteiger partial charge on any atom is 0.262 e. The molecule has 1 heterocycles. The molecule has 1 aliphatic heterocycles. The van der Waals surface area contributed by atoms with Crippen molar-refractivity contribution in [3.05, 3.63) is 88.7 Å². The van der Waals surface area contributed by atoms with Crippen LogP contribution in [0.2, 0.25) is 0 Å². The van der Waals surface area contributed by atoms with Gasteiger partial charge in [0.25, 0.3) is 10.0 Å². The third-order valence-corrected chi connectivity index (χ3v) is 8.19. The molecule has 0 bridgehead atoms. The van der Waals surface area contributed by atoms with Crippen molar-refractivity contribution in [1.82, 2.24) is 0 Å². The van der Waals surface area contributed by atoms with E-state index >= 15 is 0 Å². The fourth-order valence-corrected chi connectivity index (χ4v) is 6.76. The number of halogens is 1. The number of carbonyl (C=O) groups is 1. The average molecular weight is 471 g/mol. The quantitative estimate of drug-likeness (QED) is 0.547. The van der Waals surface area contributed by atoms with Gasteiger partial charge in [-0.15, -0.1) is 11.8 Å². The number of hydrogen-bond donors (Lipinski definition) is 1. The maximum absolute atomic E-state index is 13.3. The van der Waals surface area contributed by atoms with Crippen LogP contribution in [0.25, 0.3) is 0 Å². The van der Waals surface area contributed by atoms with Gasteiger partial charge in [0.2, 0.25) is 5.91 Å². The van der Waals surface area contributed by atoms with Crippen molar-refractivity contribution in [3.8, 4) is 0 Å². The molecule has 1 N–H and O–H groups in total. The summed E-state index contributed by atoms with van der Waals surface area (Å²) in [5.74, 6) is -0.0930. The second-order valence-electron chi connectivity index (χ2n) is 7.86. The Hall–Kier alpha value is -2.84. The number of carbonyl (C=O) groups excluding carboxylic acids is 1. The van der Waals surface area contributed by atoms with Gasteiger partial charge in [-0.1, -0.05) is 29.8 Å². The largest absolute Gasteiger partial charge is 0.295 e. The van der Waals surface area contributed by atoms with Gasteiger partial charge in [0.05, 0.1) is 10.6 Å². The molecule has 1 saturated heterocycles. The Morgan fingerprint density at radius 1 is 0.969 bits per heavy atom. The van der Waals surface area contributed by atoms with Crippen molar-refractivity contribution in [2.45, 2.75) is 31.0 Å². The van der Waals surface area contributed by atoms with Gasteiger partial charge < -0.3 is 0 Å². The van der Waals surface area contributed by atoms with Gasteiger partial charge in [-0.2, -0.15) is 0 Å². The molecular weight excluding hydrogens is 447 g/mol. The molecule has 0 unspecified atom stereocenters. The lowest BCUT2D eigenvalue weighted by Crippen LogP contribution is -2.27. The molecule has 1 fully saturated rings. The van der Waals surface area contributed by atoms with Crippen LogP contribution in [-0.4, -0.2) is 20.1 Å². The minimum atomic E-state index is -3.75. The smallest absolute Gasteiger partial charge is 0.262 e.